The molecule has 4 nitrogen and oxygen atoms in total. The first-order valence-corrected chi connectivity index (χ1v) is 2.59. The lowest BCUT2D eigenvalue weighted by molar-refractivity contribution is -0.468. The molecule has 0 amide bonds. The number of allylic oxidation sites excluding steroid dienone is 2. The molecule has 0 aromatic heterocycles. The van der Waals surface area contributed by atoms with E-state index in [4.69, 9.17) is 0 Å². The highest BCUT2D eigenvalue weighted by Gasteiger charge is 1.87. The minimum absolute atomic E-state index is 0.238. The van der Waals surface area contributed by atoms with Crippen molar-refractivity contribution in [1.29, 1.82) is 0 Å². The first-order valence-electron chi connectivity index (χ1n) is 2.59. The Morgan fingerprint density at radius 2 is 2.30 bits per heavy atom. The molecule has 0 aliphatic rings. The molecular weight excluding hydrogens is 134 g/mol. The van der Waals surface area contributed by atoms with Gasteiger partial charge in [-0.3, -0.25) is 14.9 Å². The maximum Gasteiger partial charge on any atom is 0.222 e. The number of nitro groups is 1. The molecule has 54 valence electrons. The lowest BCUT2D eigenvalue weighted by Gasteiger charge is -1.82. The van der Waals surface area contributed by atoms with Gasteiger partial charge in [0.15, 0.2) is 0 Å². The lowest BCUT2D eigenvalue weighted by Crippen LogP contribution is -1.95. The van der Waals surface area contributed by atoms with E-state index in [2.05, 4.69) is 6.58 Å². The molecule has 0 N–H and O–H groups in total. The van der Waals surface area contributed by atoms with E-state index in [-0.39, 0.29) is 12.1 Å². The molecule has 0 aliphatic heterocycles. The van der Waals surface area contributed by atoms with Crippen LogP contribution in [0.15, 0.2) is 24.3 Å². The summed E-state index contributed by atoms with van der Waals surface area (Å²) in [7, 11) is 0. The van der Waals surface area contributed by atoms with Crippen LogP contribution in [0.25, 0.3) is 0 Å². The topological polar surface area (TPSA) is 60.2 Å². The molecule has 0 radical (unpaired) electrons. The molecule has 0 bridgehead atoms. The normalized spacial score (nSPS) is 9.60. The van der Waals surface area contributed by atoms with Gasteiger partial charge in [-0.05, 0) is 12.2 Å². The fraction of sp³-hybridized carbons (Fsp3) is 0.167. The van der Waals surface area contributed by atoms with Crippen molar-refractivity contribution in [3.63, 3.8) is 0 Å². The fourth-order valence-electron chi connectivity index (χ4n) is 0.329. The summed E-state index contributed by atoms with van der Waals surface area (Å²) in [4.78, 5) is 19.1. The Morgan fingerprint density at radius 1 is 1.70 bits per heavy atom. The highest BCUT2D eigenvalue weighted by molar-refractivity contribution is 5.76. The molecule has 4 heteroatoms. The Balaban J connectivity index is 3.66. The van der Waals surface area contributed by atoms with Gasteiger partial charge in [-0.25, -0.2) is 0 Å². The van der Waals surface area contributed by atoms with Gasteiger partial charge in [0.25, 0.3) is 0 Å². The van der Waals surface area contributed by atoms with Gasteiger partial charge in [0.2, 0.25) is 6.54 Å². The molecule has 0 aliphatic carbocycles. The van der Waals surface area contributed by atoms with Crippen molar-refractivity contribution in [3.8, 4) is 0 Å². The van der Waals surface area contributed by atoms with Crippen molar-refractivity contribution < 1.29 is 9.72 Å². The average Bonchev–Trinajstić information content (AvgIpc) is 1.87. The number of aldehydes is 1. The van der Waals surface area contributed by atoms with Gasteiger partial charge < -0.3 is 0 Å². The van der Waals surface area contributed by atoms with Crippen molar-refractivity contribution in [2.75, 3.05) is 6.54 Å². The zero-order valence-electron chi connectivity index (χ0n) is 5.32. The number of carbonyl (C=O) groups excluding carboxylic acids is 1. The Bertz CT molecular complexity index is 183. The summed E-state index contributed by atoms with van der Waals surface area (Å²) in [5.74, 6) is 0. The largest absolute Gasteiger partial charge is 0.298 e. The molecule has 0 spiro atoms. The van der Waals surface area contributed by atoms with Crippen LogP contribution in [-0.2, 0) is 4.79 Å². The quantitative estimate of drug-likeness (QED) is 0.189. The zero-order chi connectivity index (χ0) is 7.98. The molecule has 0 saturated carbocycles. The second-order valence-electron chi connectivity index (χ2n) is 1.61. The number of carbonyl (C=O) groups is 1. The van der Waals surface area contributed by atoms with Gasteiger partial charge in [0, 0.05) is 10.5 Å². The van der Waals surface area contributed by atoms with Crippen LogP contribution in [-0.4, -0.2) is 17.8 Å². The Labute approximate surface area is 58.0 Å². The van der Waals surface area contributed by atoms with Crippen molar-refractivity contribution in [2.24, 2.45) is 0 Å². The molecule has 0 atom stereocenters. The van der Waals surface area contributed by atoms with Crippen molar-refractivity contribution in [3.05, 3.63) is 34.4 Å². The van der Waals surface area contributed by atoms with E-state index in [1.54, 1.807) is 0 Å². The standard InChI is InChI=1S/C6H7NO3/c1-6(5-8)3-2-4-7(9)10/h2-3,5H,1,4H2/b3-2-. The maximum absolute atomic E-state index is 9.86. The monoisotopic (exact) mass is 141 g/mol. The van der Waals surface area contributed by atoms with Crippen LogP contribution >= 0.6 is 0 Å². The molecule has 0 rings (SSSR count). The van der Waals surface area contributed by atoms with Crippen LogP contribution in [0, 0.1) is 10.1 Å². The minimum Gasteiger partial charge on any atom is -0.298 e. The zero-order valence-corrected chi connectivity index (χ0v) is 5.32. The van der Waals surface area contributed by atoms with Crippen LogP contribution in [0.3, 0.4) is 0 Å². The molecule has 0 aromatic rings. The lowest BCUT2D eigenvalue weighted by atomic mass is 10.3. The van der Waals surface area contributed by atoms with E-state index < -0.39 is 4.92 Å². The summed E-state index contributed by atoms with van der Waals surface area (Å²) in [5, 5.41) is 9.71. The minimum atomic E-state index is -0.491. The smallest absolute Gasteiger partial charge is 0.222 e. The average molecular weight is 141 g/mol. The number of hydrogen-bond acceptors (Lipinski definition) is 3. The highest BCUT2D eigenvalue weighted by atomic mass is 16.6. The van der Waals surface area contributed by atoms with Crippen LogP contribution in [0.4, 0.5) is 0 Å². The summed E-state index contributed by atoms with van der Waals surface area (Å²) >= 11 is 0. The second-order valence-corrected chi connectivity index (χ2v) is 1.61. The van der Waals surface area contributed by atoms with Crippen molar-refractivity contribution >= 4 is 6.29 Å². The molecule has 0 heterocycles. The Hall–Kier alpha value is -1.45. The highest BCUT2D eigenvalue weighted by Crippen LogP contribution is 1.85. The summed E-state index contributed by atoms with van der Waals surface area (Å²) < 4.78 is 0. The van der Waals surface area contributed by atoms with Gasteiger partial charge in [-0.15, -0.1) is 0 Å². The summed E-state index contributed by atoms with van der Waals surface area (Å²) in [5.41, 5.74) is 0.238. The number of hydrogen-bond donors (Lipinski definition) is 0. The van der Waals surface area contributed by atoms with Gasteiger partial charge in [0.1, 0.15) is 6.29 Å². The van der Waals surface area contributed by atoms with E-state index >= 15 is 0 Å². The summed E-state index contributed by atoms with van der Waals surface area (Å²) in [6, 6.07) is 0. The van der Waals surface area contributed by atoms with E-state index in [1.807, 2.05) is 0 Å². The number of rotatable bonds is 4. The summed E-state index contributed by atoms with van der Waals surface area (Å²) in [6.45, 7) is 3.02. The van der Waals surface area contributed by atoms with Crippen LogP contribution < -0.4 is 0 Å². The van der Waals surface area contributed by atoms with E-state index in [1.165, 1.54) is 12.2 Å². The number of nitrogens with zero attached hydrogens (tertiary/aromatic N) is 1. The second kappa shape index (κ2) is 4.43. The molecule has 0 unspecified atom stereocenters. The SMILES string of the molecule is C=C(C=O)/C=C\C[N+](=O)[O-]. The van der Waals surface area contributed by atoms with Crippen LogP contribution in [0.1, 0.15) is 0 Å². The third kappa shape index (κ3) is 4.70. The van der Waals surface area contributed by atoms with Crippen LogP contribution in [0.2, 0.25) is 0 Å². The fourth-order valence-corrected chi connectivity index (χ4v) is 0.329. The predicted octanol–water partition coefficient (Wildman–Crippen LogP) is 0.574. The third-order valence-electron chi connectivity index (χ3n) is 0.738. The summed E-state index contributed by atoms with van der Waals surface area (Å²) in [6.07, 6.45) is 3.13. The van der Waals surface area contributed by atoms with E-state index in [0.29, 0.717) is 6.29 Å². The first-order chi connectivity index (χ1) is 4.66. The first kappa shape index (κ1) is 8.55. The van der Waals surface area contributed by atoms with Crippen molar-refractivity contribution in [1.82, 2.24) is 0 Å². The molecule has 10 heavy (non-hydrogen) atoms. The van der Waals surface area contributed by atoms with Crippen LogP contribution in [0.5, 0.6) is 0 Å². The maximum atomic E-state index is 9.86. The molecular formula is C6H7NO3. The van der Waals surface area contributed by atoms with Gasteiger partial charge in [0.05, 0.1) is 0 Å². The van der Waals surface area contributed by atoms with E-state index in [0.717, 1.165) is 0 Å². The van der Waals surface area contributed by atoms with Gasteiger partial charge in [-0.1, -0.05) is 6.58 Å². The molecule has 0 aromatic carbocycles. The van der Waals surface area contributed by atoms with Gasteiger partial charge >= 0.3 is 0 Å². The molecule has 0 fully saturated rings. The Morgan fingerprint density at radius 3 is 2.70 bits per heavy atom. The third-order valence-corrected chi connectivity index (χ3v) is 0.738. The van der Waals surface area contributed by atoms with E-state index in [9.17, 15) is 14.9 Å². The predicted molar refractivity (Wildman–Crippen MR) is 36.2 cm³/mol. The molecule has 0 saturated heterocycles. The van der Waals surface area contributed by atoms with Gasteiger partial charge in [-0.2, -0.15) is 0 Å². The van der Waals surface area contributed by atoms with Crippen molar-refractivity contribution in [2.45, 2.75) is 0 Å². The Kier molecular flexibility index (Phi) is 3.79.